The number of nitrogens with one attached hydrogen (secondary N) is 1. The summed E-state index contributed by atoms with van der Waals surface area (Å²) in [5.41, 5.74) is 0. The van der Waals surface area contributed by atoms with Crippen molar-refractivity contribution in [1.29, 1.82) is 0 Å². The fourth-order valence-corrected chi connectivity index (χ4v) is 0.560. The van der Waals surface area contributed by atoms with Gasteiger partial charge in [-0.15, -0.1) is 0 Å². The van der Waals surface area contributed by atoms with Crippen LogP contribution < -0.4 is 5.32 Å². The lowest BCUT2D eigenvalue weighted by molar-refractivity contribution is -0.150. The summed E-state index contributed by atoms with van der Waals surface area (Å²) in [6.45, 7) is 0. The van der Waals surface area contributed by atoms with Gasteiger partial charge in [0.1, 0.15) is 0 Å². The molecule has 0 fully saturated rings. The van der Waals surface area contributed by atoms with Gasteiger partial charge in [-0.05, 0) is 0 Å². The Balaban J connectivity index is 2.92. The van der Waals surface area contributed by atoms with Crippen molar-refractivity contribution < 1.29 is 18.7 Å². The highest BCUT2D eigenvalue weighted by Crippen LogP contribution is 2.11. The minimum atomic E-state index is -2.60. The molecule has 0 spiro atoms. The van der Waals surface area contributed by atoms with Crippen molar-refractivity contribution in [3.05, 3.63) is 0 Å². The Hall–Kier alpha value is -1.30. The van der Waals surface area contributed by atoms with Crippen LogP contribution in [0.1, 0.15) is 0 Å². The summed E-state index contributed by atoms with van der Waals surface area (Å²) in [5.74, 6) is -3.76. The van der Waals surface area contributed by atoms with Crippen molar-refractivity contribution in [2.24, 2.45) is 4.99 Å². The lowest BCUT2D eigenvalue weighted by Gasteiger charge is -2.19. The molecule has 1 unspecified atom stereocenters. The van der Waals surface area contributed by atoms with E-state index >= 15 is 0 Å². The molecule has 1 heterocycles. The van der Waals surface area contributed by atoms with Gasteiger partial charge in [-0.25, -0.2) is 4.79 Å². The van der Waals surface area contributed by atoms with Gasteiger partial charge < -0.3 is 4.74 Å². The average Bonchev–Trinajstić information content (AvgIpc) is 1.98. The second kappa shape index (κ2) is 2.39. The minimum absolute atomic E-state index is 0.522. The van der Waals surface area contributed by atoms with Gasteiger partial charge in [0.25, 0.3) is 5.91 Å². The van der Waals surface area contributed by atoms with E-state index in [0.29, 0.717) is 6.21 Å². The molecule has 60 valence electrons. The Bertz CT molecular complexity index is 240. The predicted molar refractivity (Wildman–Crippen MR) is 32.9 cm³/mol. The molecule has 11 heavy (non-hydrogen) atoms. The molecule has 0 saturated heterocycles. The number of carbonyl (C=O) groups excluding carboxylic acids is 2. The van der Waals surface area contributed by atoms with E-state index in [1.807, 2.05) is 0 Å². The quantitative estimate of drug-likeness (QED) is 0.568. The normalized spacial score (nSPS) is 30.4. The van der Waals surface area contributed by atoms with Gasteiger partial charge in [0.15, 0.2) is 0 Å². The number of rotatable bonds is 1. The Labute approximate surface area is 61.2 Å². The highest BCUT2D eigenvalue weighted by molar-refractivity contribution is 6.13. The van der Waals surface area contributed by atoms with Crippen molar-refractivity contribution in [3.63, 3.8) is 0 Å². The first-order valence-electron chi connectivity index (χ1n) is 2.73. The van der Waals surface area contributed by atoms with Crippen LogP contribution in [0.15, 0.2) is 4.99 Å². The molecule has 0 aliphatic carbocycles. The standard InChI is InChI=1S/C5H5FN2O3/c1-11-5(6)2-7-4(10)8-3(5)9/h2H,1H3,(H,8,9,10). The predicted octanol–water partition coefficient (Wildman–Crippen LogP) is -0.381. The number of carbonyl (C=O) groups is 2. The van der Waals surface area contributed by atoms with Crippen LogP contribution in [-0.4, -0.2) is 31.1 Å². The Morgan fingerprint density at radius 2 is 2.36 bits per heavy atom. The molecule has 3 amide bonds. The molecule has 0 aromatic heterocycles. The van der Waals surface area contributed by atoms with E-state index < -0.39 is 17.8 Å². The van der Waals surface area contributed by atoms with Crippen molar-refractivity contribution in [2.45, 2.75) is 5.85 Å². The summed E-state index contributed by atoms with van der Waals surface area (Å²) in [7, 11) is 1.00. The summed E-state index contributed by atoms with van der Waals surface area (Å²) in [4.78, 5) is 24.0. The molecule has 1 aliphatic heterocycles. The number of hydrogen-bond donors (Lipinski definition) is 1. The maximum Gasteiger partial charge on any atom is 0.347 e. The van der Waals surface area contributed by atoms with Gasteiger partial charge >= 0.3 is 11.9 Å². The van der Waals surface area contributed by atoms with Crippen LogP contribution in [0.2, 0.25) is 0 Å². The lowest BCUT2D eigenvalue weighted by atomic mass is 10.3. The Morgan fingerprint density at radius 1 is 1.73 bits per heavy atom. The third-order valence-corrected chi connectivity index (χ3v) is 1.17. The number of methoxy groups -OCH3 is 1. The zero-order valence-corrected chi connectivity index (χ0v) is 5.63. The van der Waals surface area contributed by atoms with Crippen LogP contribution in [0.3, 0.4) is 0 Å². The maximum atomic E-state index is 12.9. The van der Waals surface area contributed by atoms with Crippen LogP contribution >= 0.6 is 0 Å². The third-order valence-electron chi connectivity index (χ3n) is 1.17. The number of alkyl halides is 1. The number of hydrogen-bond acceptors (Lipinski definition) is 3. The van der Waals surface area contributed by atoms with Gasteiger partial charge in [-0.3, -0.25) is 10.1 Å². The van der Waals surface area contributed by atoms with E-state index in [9.17, 15) is 14.0 Å². The van der Waals surface area contributed by atoms with E-state index in [1.165, 1.54) is 0 Å². The second-order valence-corrected chi connectivity index (χ2v) is 1.87. The highest BCUT2D eigenvalue weighted by Gasteiger charge is 2.41. The molecule has 5 nitrogen and oxygen atoms in total. The molecular formula is C5H5FN2O3. The number of amides is 3. The minimum Gasteiger partial charge on any atom is -0.338 e. The van der Waals surface area contributed by atoms with Gasteiger partial charge in [0, 0.05) is 7.11 Å². The first-order valence-corrected chi connectivity index (χ1v) is 2.73. The molecule has 0 bridgehead atoms. The average molecular weight is 160 g/mol. The number of halogens is 1. The number of imide groups is 1. The number of aliphatic imine (C=N–C) groups is 1. The maximum absolute atomic E-state index is 12.9. The van der Waals surface area contributed by atoms with Crippen LogP contribution in [-0.2, 0) is 9.53 Å². The van der Waals surface area contributed by atoms with E-state index in [1.54, 1.807) is 5.32 Å². The van der Waals surface area contributed by atoms with Gasteiger partial charge in [-0.2, -0.15) is 9.38 Å². The Kier molecular flexibility index (Phi) is 1.69. The van der Waals surface area contributed by atoms with Crippen molar-refractivity contribution in [2.75, 3.05) is 7.11 Å². The van der Waals surface area contributed by atoms with E-state index in [-0.39, 0.29) is 0 Å². The number of ether oxygens (including phenoxy) is 1. The van der Waals surface area contributed by atoms with Crippen LogP contribution in [0, 0.1) is 0 Å². The van der Waals surface area contributed by atoms with E-state index in [2.05, 4.69) is 9.73 Å². The summed E-state index contributed by atoms with van der Waals surface area (Å²) < 4.78 is 17.1. The summed E-state index contributed by atoms with van der Waals surface area (Å²) in [6.07, 6.45) is 0.522. The molecular weight excluding hydrogens is 155 g/mol. The molecule has 0 aromatic carbocycles. The number of urea groups is 1. The van der Waals surface area contributed by atoms with Gasteiger partial charge in [0.05, 0.1) is 6.21 Å². The van der Waals surface area contributed by atoms with Gasteiger partial charge in [0.2, 0.25) is 0 Å². The van der Waals surface area contributed by atoms with E-state index in [4.69, 9.17) is 0 Å². The molecule has 6 heteroatoms. The summed E-state index contributed by atoms with van der Waals surface area (Å²) in [5, 5.41) is 1.64. The molecule has 1 rings (SSSR count). The zero-order chi connectivity index (χ0) is 8.48. The topological polar surface area (TPSA) is 67.8 Å². The zero-order valence-electron chi connectivity index (χ0n) is 5.63. The molecule has 0 aromatic rings. The molecule has 1 aliphatic rings. The SMILES string of the molecule is COC1(F)C=NC(=O)NC1=O. The fraction of sp³-hybridized carbons (Fsp3) is 0.400. The Morgan fingerprint density at radius 3 is 2.82 bits per heavy atom. The van der Waals surface area contributed by atoms with Crippen LogP contribution in [0.25, 0.3) is 0 Å². The summed E-state index contributed by atoms with van der Waals surface area (Å²) in [6, 6.07) is -0.889. The first-order chi connectivity index (χ1) is 5.08. The van der Waals surface area contributed by atoms with Crippen molar-refractivity contribution in [1.82, 2.24) is 5.32 Å². The largest absolute Gasteiger partial charge is 0.347 e. The van der Waals surface area contributed by atoms with Crippen molar-refractivity contribution >= 4 is 18.2 Å². The summed E-state index contributed by atoms with van der Waals surface area (Å²) >= 11 is 0. The molecule has 0 radical (unpaired) electrons. The second-order valence-electron chi connectivity index (χ2n) is 1.87. The molecule has 0 saturated carbocycles. The molecule has 1 atom stereocenters. The molecule has 1 N–H and O–H groups in total. The fourth-order valence-electron chi connectivity index (χ4n) is 0.560. The highest BCUT2D eigenvalue weighted by atomic mass is 19.2. The smallest absolute Gasteiger partial charge is 0.338 e. The number of nitrogens with zero attached hydrogens (tertiary/aromatic N) is 1. The van der Waals surface area contributed by atoms with Crippen LogP contribution in [0.4, 0.5) is 9.18 Å². The van der Waals surface area contributed by atoms with Crippen molar-refractivity contribution in [3.8, 4) is 0 Å². The van der Waals surface area contributed by atoms with Crippen LogP contribution in [0.5, 0.6) is 0 Å². The van der Waals surface area contributed by atoms with E-state index in [0.717, 1.165) is 7.11 Å². The monoisotopic (exact) mass is 160 g/mol. The lowest BCUT2D eigenvalue weighted by Crippen LogP contribution is -2.51. The third kappa shape index (κ3) is 1.25. The van der Waals surface area contributed by atoms with Gasteiger partial charge in [-0.1, -0.05) is 0 Å². The first kappa shape index (κ1) is 7.80.